The smallest absolute Gasteiger partial charge is 0.194 e. The molecule has 2 aliphatic carbocycles. The van der Waals surface area contributed by atoms with E-state index in [2.05, 4.69) is 5.43 Å². The molecule has 0 amide bonds. The average molecular weight is 270 g/mol. The fourth-order valence-electron chi connectivity index (χ4n) is 3.08. The van der Waals surface area contributed by atoms with E-state index in [0.29, 0.717) is 11.8 Å². The Balaban J connectivity index is 1.95. The first-order valence-corrected chi connectivity index (χ1v) is 6.73. The summed E-state index contributed by atoms with van der Waals surface area (Å²) in [6, 6.07) is 1.83. The summed E-state index contributed by atoms with van der Waals surface area (Å²) in [4.78, 5) is 0. The Morgan fingerprint density at radius 2 is 1.58 bits per heavy atom. The van der Waals surface area contributed by atoms with E-state index in [-0.39, 0.29) is 11.5 Å². The second-order valence-corrected chi connectivity index (χ2v) is 5.66. The molecule has 0 radical (unpaired) electrons. The predicted octanol–water partition coefficient (Wildman–Crippen LogP) is 3.04. The number of hydrogen-bond donors (Lipinski definition) is 2. The number of hydrogen-bond acceptors (Lipinski definition) is 2. The minimum Gasteiger partial charge on any atom is -0.271 e. The van der Waals surface area contributed by atoms with Gasteiger partial charge in [-0.2, -0.15) is 0 Å². The fraction of sp³-hybridized carbons (Fsp3) is 0.571. The minimum absolute atomic E-state index is 0.144. The van der Waals surface area contributed by atoms with Gasteiger partial charge in [-0.3, -0.25) is 11.3 Å². The largest absolute Gasteiger partial charge is 0.271 e. The van der Waals surface area contributed by atoms with Crippen LogP contribution in [-0.2, 0) is 0 Å². The zero-order valence-corrected chi connectivity index (χ0v) is 10.5. The molecule has 1 atom stereocenters. The Kier molecular flexibility index (Phi) is 3.27. The summed E-state index contributed by atoms with van der Waals surface area (Å²) < 4.78 is 40.3. The third-order valence-electron chi connectivity index (χ3n) is 4.30. The Labute approximate surface area is 110 Å². The quantitative estimate of drug-likeness (QED) is 0.490. The molecule has 3 N–H and O–H groups in total. The normalized spacial score (nSPS) is 20.9. The molecule has 1 aromatic rings. The van der Waals surface area contributed by atoms with Gasteiger partial charge in [0.05, 0.1) is 6.04 Å². The van der Waals surface area contributed by atoms with Crippen LogP contribution in [0.3, 0.4) is 0 Å². The van der Waals surface area contributed by atoms with Crippen LogP contribution in [0.2, 0.25) is 0 Å². The van der Waals surface area contributed by atoms with Crippen LogP contribution in [0.4, 0.5) is 13.2 Å². The van der Waals surface area contributed by atoms with Gasteiger partial charge in [0.2, 0.25) is 0 Å². The summed E-state index contributed by atoms with van der Waals surface area (Å²) in [5, 5.41) is 0. The summed E-state index contributed by atoms with van der Waals surface area (Å²) >= 11 is 0. The van der Waals surface area contributed by atoms with Crippen molar-refractivity contribution in [3.05, 3.63) is 35.1 Å². The Hall–Kier alpha value is -1.07. The Morgan fingerprint density at radius 3 is 2.05 bits per heavy atom. The maximum Gasteiger partial charge on any atom is 0.194 e. The summed E-state index contributed by atoms with van der Waals surface area (Å²) in [5.74, 6) is 3.15. The highest BCUT2D eigenvalue weighted by atomic mass is 19.2. The van der Waals surface area contributed by atoms with E-state index in [4.69, 9.17) is 5.84 Å². The lowest BCUT2D eigenvalue weighted by Crippen LogP contribution is -2.36. The van der Waals surface area contributed by atoms with Gasteiger partial charge in [0.1, 0.15) is 0 Å². The second kappa shape index (κ2) is 4.80. The Bertz CT molecular complexity index is 472. The number of halogens is 3. The van der Waals surface area contributed by atoms with Gasteiger partial charge >= 0.3 is 0 Å². The maximum absolute atomic E-state index is 13.9. The number of rotatable bonds is 5. The molecule has 0 aromatic heterocycles. The van der Waals surface area contributed by atoms with Crippen LogP contribution in [0.5, 0.6) is 0 Å². The molecule has 3 rings (SSSR count). The molecular weight excluding hydrogens is 253 g/mol. The predicted molar refractivity (Wildman–Crippen MR) is 65.3 cm³/mol. The van der Waals surface area contributed by atoms with Gasteiger partial charge < -0.3 is 0 Å². The SMILES string of the molecule is NNC(c1ccc(F)c(F)c1F)C(C1CC1)C1CC1. The van der Waals surface area contributed by atoms with Gasteiger partial charge in [-0.05, 0) is 49.5 Å². The summed E-state index contributed by atoms with van der Waals surface area (Å²) in [6.45, 7) is 0. The van der Waals surface area contributed by atoms with Crippen molar-refractivity contribution >= 4 is 0 Å². The van der Waals surface area contributed by atoms with Crippen molar-refractivity contribution in [3.8, 4) is 0 Å². The van der Waals surface area contributed by atoms with Crippen molar-refractivity contribution in [3.63, 3.8) is 0 Å². The van der Waals surface area contributed by atoms with E-state index >= 15 is 0 Å². The highest BCUT2D eigenvalue weighted by Crippen LogP contribution is 2.54. The maximum atomic E-state index is 13.9. The van der Waals surface area contributed by atoms with Crippen molar-refractivity contribution in [2.45, 2.75) is 31.7 Å². The first-order valence-electron chi connectivity index (χ1n) is 6.73. The van der Waals surface area contributed by atoms with E-state index in [0.717, 1.165) is 31.7 Å². The van der Waals surface area contributed by atoms with Crippen LogP contribution >= 0.6 is 0 Å². The van der Waals surface area contributed by atoms with Gasteiger partial charge in [0.15, 0.2) is 17.5 Å². The Morgan fingerprint density at radius 1 is 1.00 bits per heavy atom. The van der Waals surface area contributed by atoms with Gasteiger partial charge in [-0.1, -0.05) is 6.07 Å². The lowest BCUT2D eigenvalue weighted by molar-refractivity contribution is 0.280. The molecule has 104 valence electrons. The summed E-state index contributed by atoms with van der Waals surface area (Å²) in [6.07, 6.45) is 4.46. The van der Waals surface area contributed by atoms with Crippen LogP contribution in [0.15, 0.2) is 12.1 Å². The molecule has 2 nitrogen and oxygen atoms in total. The fourth-order valence-corrected chi connectivity index (χ4v) is 3.08. The third-order valence-corrected chi connectivity index (χ3v) is 4.30. The standard InChI is InChI=1S/C14H17F3N2/c15-10-6-5-9(12(16)13(10)17)14(19-18)11(7-1-2-7)8-3-4-8/h5-8,11,14,19H,1-4,18H2. The number of hydrazine groups is 1. The molecule has 1 aromatic carbocycles. The molecule has 0 spiro atoms. The lowest BCUT2D eigenvalue weighted by Gasteiger charge is -2.27. The zero-order valence-electron chi connectivity index (χ0n) is 10.5. The van der Waals surface area contributed by atoms with E-state index in [1.807, 2.05) is 0 Å². The van der Waals surface area contributed by atoms with Crippen LogP contribution in [0.1, 0.15) is 37.3 Å². The van der Waals surface area contributed by atoms with Gasteiger partial charge in [0.25, 0.3) is 0 Å². The van der Waals surface area contributed by atoms with Crippen LogP contribution in [-0.4, -0.2) is 0 Å². The first-order chi connectivity index (χ1) is 9.13. The molecular formula is C14H17F3N2. The van der Waals surface area contributed by atoms with Crippen LogP contribution in [0, 0.1) is 35.2 Å². The zero-order chi connectivity index (χ0) is 13.6. The van der Waals surface area contributed by atoms with E-state index in [1.54, 1.807) is 0 Å². The van der Waals surface area contributed by atoms with E-state index in [1.165, 1.54) is 6.07 Å². The minimum atomic E-state index is -1.41. The molecule has 0 bridgehead atoms. The topological polar surface area (TPSA) is 38.0 Å². The molecule has 0 saturated heterocycles. The molecule has 19 heavy (non-hydrogen) atoms. The van der Waals surface area contributed by atoms with E-state index in [9.17, 15) is 13.2 Å². The van der Waals surface area contributed by atoms with Gasteiger partial charge in [-0.15, -0.1) is 0 Å². The average Bonchev–Trinajstić information content (AvgIpc) is 3.27. The molecule has 2 aliphatic rings. The summed E-state index contributed by atoms with van der Waals surface area (Å²) in [5.41, 5.74) is 2.76. The van der Waals surface area contributed by atoms with Crippen molar-refractivity contribution < 1.29 is 13.2 Å². The molecule has 2 fully saturated rings. The van der Waals surface area contributed by atoms with E-state index < -0.39 is 23.5 Å². The molecule has 0 heterocycles. The van der Waals surface area contributed by atoms with Crippen molar-refractivity contribution in [2.75, 3.05) is 0 Å². The van der Waals surface area contributed by atoms with Crippen molar-refractivity contribution in [1.82, 2.24) is 5.43 Å². The van der Waals surface area contributed by atoms with Gasteiger partial charge in [-0.25, -0.2) is 13.2 Å². The van der Waals surface area contributed by atoms with Crippen LogP contribution in [0.25, 0.3) is 0 Å². The third kappa shape index (κ3) is 2.37. The highest BCUT2D eigenvalue weighted by Gasteiger charge is 2.46. The second-order valence-electron chi connectivity index (χ2n) is 5.66. The number of nitrogens with one attached hydrogen (secondary N) is 1. The first kappa shape index (κ1) is 12.9. The van der Waals surface area contributed by atoms with Crippen LogP contribution < -0.4 is 11.3 Å². The molecule has 5 heteroatoms. The highest BCUT2D eigenvalue weighted by molar-refractivity contribution is 5.25. The molecule has 2 saturated carbocycles. The molecule has 1 unspecified atom stereocenters. The van der Waals surface area contributed by atoms with Crippen molar-refractivity contribution in [2.24, 2.45) is 23.6 Å². The number of nitrogens with two attached hydrogens (primary N) is 1. The lowest BCUT2D eigenvalue weighted by atomic mass is 9.85. The number of benzene rings is 1. The van der Waals surface area contributed by atoms with Gasteiger partial charge in [0, 0.05) is 5.56 Å². The van der Waals surface area contributed by atoms with Crippen molar-refractivity contribution in [1.29, 1.82) is 0 Å². The molecule has 0 aliphatic heterocycles. The summed E-state index contributed by atoms with van der Waals surface area (Å²) in [7, 11) is 0. The monoisotopic (exact) mass is 270 g/mol.